The molecule has 4 rings (SSSR count). The summed E-state index contributed by atoms with van der Waals surface area (Å²) in [5.41, 5.74) is 7.15. The molecule has 0 aliphatic heterocycles. The van der Waals surface area contributed by atoms with E-state index in [0.29, 0.717) is 0 Å². The molecule has 136 valence electrons. The highest BCUT2D eigenvalue weighted by Crippen LogP contribution is 2.36. The molecule has 0 spiro atoms. The number of hydrogen-bond acceptors (Lipinski definition) is 2. The van der Waals surface area contributed by atoms with Crippen molar-refractivity contribution in [2.24, 2.45) is 0 Å². The number of carboxylic acids is 1. The first-order valence-electron chi connectivity index (χ1n) is 9.38. The average Bonchev–Trinajstić information content (AvgIpc) is 3.16. The first kappa shape index (κ1) is 17.3. The smallest absolute Gasteiger partial charge is 0.328 e. The van der Waals surface area contributed by atoms with Gasteiger partial charge >= 0.3 is 5.97 Å². The lowest BCUT2D eigenvalue weighted by Gasteiger charge is -2.20. The van der Waals surface area contributed by atoms with Gasteiger partial charge in [0.15, 0.2) is 0 Å². The number of fused-ring (bicyclic) bond motifs is 1. The molecular weight excluding hydrogens is 336 g/mol. The molecule has 2 aromatic carbocycles. The maximum Gasteiger partial charge on any atom is 0.328 e. The van der Waals surface area contributed by atoms with Gasteiger partial charge in [0.25, 0.3) is 0 Å². The lowest BCUT2D eigenvalue weighted by Crippen LogP contribution is -2.00. The number of benzene rings is 2. The summed E-state index contributed by atoms with van der Waals surface area (Å²) in [5.74, 6) is -0.933. The monoisotopic (exact) mass is 358 g/mol. The maximum atomic E-state index is 10.7. The van der Waals surface area contributed by atoms with Crippen molar-refractivity contribution >= 4 is 28.5 Å². The van der Waals surface area contributed by atoms with Crippen molar-refractivity contribution in [2.45, 2.75) is 32.1 Å². The Morgan fingerprint density at radius 3 is 2.48 bits per heavy atom. The predicted octanol–water partition coefficient (Wildman–Crippen LogP) is 5.43. The first-order chi connectivity index (χ1) is 13.2. The molecule has 0 radical (unpaired) electrons. The summed E-state index contributed by atoms with van der Waals surface area (Å²) in [5, 5.41) is 17.1. The van der Waals surface area contributed by atoms with Crippen LogP contribution in [0.1, 0.15) is 48.8 Å². The second kappa shape index (κ2) is 7.62. The number of nitrogens with zero attached hydrogens (tertiary/aromatic N) is 1. The predicted molar refractivity (Wildman–Crippen MR) is 108 cm³/mol. The molecule has 0 bridgehead atoms. The summed E-state index contributed by atoms with van der Waals surface area (Å²) in [4.78, 5) is 10.7. The van der Waals surface area contributed by atoms with Gasteiger partial charge in [0.1, 0.15) is 0 Å². The van der Waals surface area contributed by atoms with E-state index >= 15 is 0 Å². The van der Waals surface area contributed by atoms with Crippen molar-refractivity contribution in [1.29, 1.82) is 0 Å². The van der Waals surface area contributed by atoms with E-state index in [4.69, 9.17) is 5.11 Å². The van der Waals surface area contributed by atoms with Gasteiger partial charge in [-0.05, 0) is 66.2 Å². The van der Waals surface area contributed by atoms with Crippen molar-refractivity contribution < 1.29 is 9.90 Å². The largest absolute Gasteiger partial charge is 0.478 e. The minimum absolute atomic E-state index is 0.888. The van der Waals surface area contributed by atoms with Crippen LogP contribution in [0, 0.1) is 0 Å². The number of nitrogens with one attached hydrogen (secondary N) is 1. The summed E-state index contributed by atoms with van der Waals surface area (Å²) in [6.45, 7) is 0. The minimum atomic E-state index is -0.933. The zero-order valence-electron chi connectivity index (χ0n) is 15.1. The van der Waals surface area contributed by atoms with E-state index in [-0.39, 0.29) is 0 Å². The number of aromatic nitrogens is 2. The van der Waals surface area contributed by atoms with Crippen LogP contribution in [-0.4, -0.2) is 21.3 Å². The maximum absolute atomic E-state index is 10.7. The third-order valence-corrected chi connectivity index (χ3v) is 5.16. The summed E-state index contributed by atoms with van der Waals surface area (Å²) in [7, 11) is 0. The van der Waals surface area contributed by atoms with Crippen LogP contribution in [-0.2, 0) is 4.79 Å². The Morgan fingerprint density at radius 2 is 1.74 bits per heavy atom. The van der Waals surface area contributed by atoms with Gasteiger partial charge in [0, 0.05) is 11.5 Å². The first-order valence-corrected chi connectivity index (χ1v) is 9.38. The van der Waals surface area contributed by atoms with Crippen LogP contribution in [0.3, 0.4) is 0 Å². The molecule has 4 nitrogen and oxygen atoms in total. The summed E-state index contributed by atoms with van der Waals surface area (Å²) >= 11 is 0. The Morgan fingerprint density at radius 1 is 1.00 bits per heavy atom. The van der Waals surface area contributed by atoms with E-state index in [1.807, 2.05) is 18.3 Å². The Labute approximate surface area is 158 Å². The quantitative estimate of drug-likeness (QED) is 0.611. The molecule has 3 aromatic rings. The van der Waals surface area contributed by atoms with E-state index in [1.165, 1.54) is 47.6 Å². The van der Waals surface area contributed by atoms with Gasteiger partial charge in [-0.1, -0.05) is 42.3 Å². The average molecular weight is 358 g/mol. The number of aliphatic carboxylic acids is 1. The van der Waals surface area contributed by atoms with Crippen LogP contribution in [0.2, 0.25) is 0 Å². The Kier molecular flexibility index (Phi) is 4.88. The summed E-state index contributed by atoms with van der Waals surface area (Å²) < 4.78 is 0. The summed E-state index contributed by atoms with van der Waals surface area (Å²) in [6.07, 6.45) is 10.7. The van der Waals surface area contributed by atoms with E-state index in [2.05, 4.69) is 40.5 Å². The van der Waals surface area contributed by atoms with Crippen LogP contribution < -0.4 is 0 Å². The molecule has 4 heteroatoms. The van der Waals surface area contributed by atoms with Crippen molar-refractivity contribution in [2.75, 3.05) is 0 Å². The fourth-order valence-electron chi connectivity index (χ4n) is 3.83. The van der Waals surface area contributed by atoms with Crippen LogP contribution in [0.15, 0.2) is 60.3 Å². The second-order valence-corrected chi connectivity index (χ2v) is 7.00. The van der Waals surface area contributed by atoms with Gasteiger partial charge in [0.2, 0.25) is 0 Å². The molecule has 0 saturated heterocycles. The fourth-order valence-corrected chi connectivity index (χ4v) is 3.83. The normalized spacial score (nSPS) is 14.7. The van der Waals surface area contributed by atoms with Gasteiger partial charge in [-0.15, -0.1) is 0 Å². The van der Waals surface area contributed by atoms with Crippen LogP contribution in [0.25, 0.3) is 22.6 Å². The standard InChI is InChI=1S/C23H22N2O2/c26-22(27)13-8-16-6-9-18(10-7-16)23(17-4-2-1-3-5-17)19-11-12-21-20(14-19)15-24-25-21/h6-15H,1-5H2,(H,24,25)(H,26,27)/b13-8+. The van der Waals surface area contributed by atoms with Gasteiger partial charge in [-0.3, -0.25) is 5.10 Å². The number of carboxylic acid groups (broad SMARTS) is 1. The van der Waals surface area contributed by atoms with Gasteiger partial charge < -0.3 is 5.11 Å². The lowest BCUT2D eigenvalue weighted by atomic mass is 9.84. The number of rotatable bonds is 4. The molecule has 27 heavy (non-hydrogen) atoms. The molecule has 2 N–H and O–H groups in total. The van der Waals surface area contributed by atoms with E-state index in [0.717, 1.165) is 29.3 Å². The molecular formula is C23H22N2O2. The zero-order chi connectivity index (χ0) is 18.6. The van der Waals surface area contributed by atoms with E-state index < -0.39 is 5.97 Å². The molecule has 0 unspecified atom stereocenters. The highest BCUT2D eigenvalue weighted by atomic mass is 16.4. The topological polar surface area (TPSA) is 66.0 Å². The van der Waals surface area contributed by atoms with E-state index in [9.17, 15) is 4.79 Å². The van der Waals surface area contributed by atoms with Gasteiger partial charge in [-0.2, -0.15) is 5.10 Å². The molecule has 0 atom stereocenters. The van der Waals surface area contributed by atoms with Crippen molar-refractivity contribution in [3.8, 4) is 0 Å². The summed E-state index contributed by atoms with van der Waals surface area (Å²) in [6, 6.07) is 14.6. The Balaban J connectivity index is 1.77. The zero-order valence-corrected chi connectivity index (χ0v) is 15.1. The SMILES string of the molecule is O=C(O)/C=C/c1ccc(C(=C2CCCCC2)c2ccc3[nH]ncc3c2)cc1. The minimum Gasteiger partial charge on any atom is -0.478 e. The molecule has 1 fully saturated rings. The molecule has 1 aliphatic rings. The highest BCUT2D eigenvalue weighted by Gasteiger charge is 2.15. The number of H-pyrrole nitrogens is 1. The third kappa shape index (κ3) is 3.85. The Bertz CT molecular complexity index is 1020. The molecule has 1 saturated carbocycles. The lowest BCUT2D eigenvalue weighted by molar-refractivity contribution is -0.131. The van der Waals surface area contributed by atoms with E-state index in [1.54, 1.807) is 6.08 Å². The van der Waals surface area contributed by atoms with Gasteiger partial charge in [0.05, 0.1) is 11.7 Å². The van der Waals surface area contributed by atoms with Crippen molar-refractivity contribution in [3.63, 3.8) is 0 Å². The van der Waals surface area contributed by atoms with Crippen LogP contribution >= 0.6 is 0 Å². The molecule has 1 aliphatic carbocycles. The number of hydrogen-bond donors (Lipinski definition) is 2. The van der Waals surface area contributed by atoms with Crippen LogP contribution in [0.4, 0.5) is 0 Å². The second-order valence-electron chi connectivity index (χ2n) is 7.00. The highest BCUT2D eigenvalue weighted by molar-refractivity contribution is 5.89. The number of aromatic amines is 1. The van der Waals surface area contributed by atoms with Crippen molar-refractivity contribution in [1.82, 2.24) is 10.2 Å². The third-order valence-electron chi connectivity index (χ3n) is 5.16. The molecule has 1 aromatic heterocycles. The number of carbonyl (C=O) groups is 1. The van der Waals surface area contributed by atoms with Gasteiger partial charge in [-0.25, -0.2) is 4.79 Å². The van der Waals surface area contributed by atoms with Crippen molar-refractivity contribution in [3.05, 3.63) is 77.0 Å². The Hall–Kier alpha value is -3.14. The molecule has 0 amide bonds. The fraction of sp³-hybridized carbons (Fsp3) is 0.217. The molecule has 1 heterocycles. The number of allylic oxidation sites excluding steroid dienone is 1. The van der Waals surface area contributed by atoms with Crippen LogP contribution in [0.5, 0.6) is 0 Å².